The maximum absolute atomic E-state index is 12.5. The summed E-state index contributed by atoms with van der Waals surface area (Å²) in [6.45, 7) is 1.86. The highest BCUT2D eigenvalue weighted by Crippen LogP contribution is 2.20. The van der Waals surface area contributed by atoms with E-state index in [1.54, 1.807) is 6.07 Å². The van der Waals surface area contributed by atoms with Crippen molar-refractivity contribution in [3.05, 3.63) is 42.2 Å². The van der Waals surface area contributed by atoms with Crippen molar-refractivity contribution in [3.63, 3.8) is 0 Å². The van der Waals surface area contributed by atoms with Crippen LogP contribution in [0.2, 0.25) is 0 Å². The lowest BCUT2D eigenvalue weighted by atomic mass is 10.2. The molecule has 2 aromatic rings. The highest BCUT2D eigenvalue weighted by atomic mass is 19.1. The van der Waals surface area contributed by atoms with Gasteiger partial charge >= 0.3 is 0 Å². The Morgan fingerprint density at radius 2 is 2.08 bits per heavy atom. The minimum Gasteiger partial charge on any atom is -0.461 e. The molecule has 0 saturated heterocycles. The van der Waals surface area contributed by atoms with Crippen LogP contribution in [-0.2, 0) is 0 Å². The van der Waals surface area contributed by atoms with Crippen molar-refractivity contribution in [2.45, 2.75) is 6.92 Å². The van der Waals surface area contributed by atoms with Gasteiger partial charge in [-0.2, -0.15) is 4.39 Å². The zero-order chi connectivity index (χ0) is 9.26. The summed E-state index contributed by atoms with van der Waals surface area (Å²) in [5, 5.41) is 0. The third-order valence-corrected chi connectivity index (χ3v) is 1.75. The molecule has 13 heavy (non-hydrogen) atoms. The van der Waals surface area contributed by atoms with Gasteiger partial charge in [0.2, 0.25) is 5.95 Å². The van der Waals surface area contributed by atoms with Crippen molar-refractivity contribution in [2.75, 3.05) is 0 Å². The van der Waals surface area contributed by atoms with E-state index in [-0.39, 0.29) is 0 Å². The van der Waals surface area contributed by atoms with Crippen LogP contribution in [0.4, 0.5) is 4.39 Å². The predicted molar refractivity (Wildman–Crippen MR) is 46.6 cm³/mol. The van der Waals surface area contributed by atoms with Crippen LogP contribution in [0.1, 0.15) is 5.76 Å². The number of aromatic nitrogens is 1. The van der Waals surface area contributed by atoms with E-state index >= 15 is 0 Å². The molecule has 0 saturated carbocycles. The van der Waals surface area contributed by atoms with Crippen molar-refractivity contribution in [3.8, 4) is 11.3 Å². The number of aryl methyl sites for hydroxylation is 1. The van der Waals surface area contributed by atoms with Crippen molar-refractivity contribution in [1.82, 2.24) is 4.98 Å². The zero-order valence-electron chi connectivity index (χ0n) is 7.12. The summed E-state index contributed by atoms with van der Waals surface area (Å²) in [5.41, 5.74) is 0.787. The summed E-state index contributed by atoms with van der Waals surface area (Å²) in [7, 11) is 0. The quantitative estimate of drug-likeness (QED) is 0.626. The summed E-state index contributed by atoms with van der Waals surface area (Å²) in [6.07, 6.45) is 1.45. The molecule has 0 amide bonds. The van der Waals surface area contributed by atoms with Crippen LogP contribution in [0.15, 0.2) is 34.9 Å². The second-order valence-electron chi connectivity index (χ2n) is 2.78. The van der Waals surface area contributed by atoms with E-state index in [1.165, 1.54) is 12.3 Å². The van der Waals surface area contributed by atoms with E-state index in [0.29, 0.717) is 5.76 Å². The number of furan rings is 1. The largest absolute Gasteiger partial charge is 0.461 e. The van der Waals surface area contributed by atoms with Gasteiger partial charge in [0.1, 0.15) is 11.5 Å². The molecule has 2 rings (SSSR count). The van der Waals surface area contributed by atoms with Crippen LogP contribution < -0.4 is 0 Å². The lowest BCUT2D eigenvalue weighted by molar-refractivity contribution is 0.546. The van der Waals surface area contributed by atoms with Gasteiger partial charge in [-0.25, -0.2) is 4.98 Å². The predicted octanol–water partition coefficient (Wildman–Crippen LogP) is 2.79. The van der Waals surface area contributed by atoms with Crippen LogP contribution in [0.25, 0.3) is 11.3 Å². The maximum Gasteiger partial charge on any atom is 0.212 e. The van der Waals surface area contributed by atoms with Gasteiger partial charge < -0.3 is 4.42 Å². The van der Waals surface area contributed by atoms with E-state index < -0.39 is 5.95 Å². The number of rotatable bonds is 1. The minimum atomic E-state index is -0.480. The molecule has 0 bridgehead atoms. The first-order valence-corrected chi connectivity index (χ1v) is 3.94. The van der Waals surface area contributed by atoms with Crippen molar-refractivity contribution in [2.24, 2.45) is 0 Å². The number of nitrogens with zero attached hydrogens (tertiary/aromatic N) is 1. The molecule has 2 aromatic heterocycles. The van der Waals surface area contributed by atoms with Crippen LogP contribution >= 0.6 is 0 Å². The molecule has 2 nitrogen and oxygen atoms in total. The van der Waals surface area contributed by atoms with Gasteiger partial charge in [0.15, 0.2) is 0 Å². The van der Waals surface area contributed by atoms with Crippen molar-refractivity contribution in [1.29, 1.82) is 0 Å². The fourth-order valence-electron chi connectivity index (χ4n) is 1.11. The standard InChI is InChI=1S/C10H8FNO/c1-7-2-4-9(13-7)8-3-5-10(11)12-6-8/h2-6H,1H3. The lowest BCUT2D eigenvalue weighted by Gasteiger charge is -1.94. The Labute approximate surface area is 75.0 Å². The fraction of sp³-hybridized carbons (Fsp3) is 0.100. The summed E-state index contributed by atoms with van der Waals surface area (Å²) in [4.78, 5) is 3.54. The van der Waals surface area contributed by atoms with E-state index in [9.17, 15) is 4.39 Å². The van der Waals surface area contributed by atoms with Gasteiger partial charge in [-0.05, 0) is 31.2 Å². The molecule has 0 aliphatic heterocycles. The van der Waals surface area contributed by atoms with Crippen molar-refractivity contribution < 1.29 is 8.81 Å². The number of hydrogen-bond acceptors (Lipinski definition) is 2. The van der Waals surface area contributed by atoms with Gasteiger partial charge in [-0.15, -0.1) is 0 Å². The Hall–Kier alpha value is -1.64. The summed E-state index contributed by atoms with van der Waals surface area (Å²) in [5.74, 6) is 1.07. The average Bonchev–Trinajstić information content (AvgIpc) is 2.53. The molecule has 2 heterocycles. The van der Waals surface area contributed by atoms with Crippen LogP contribution in [-0.4, -0.2) is 4.98 Å². The molecule has 0 aliphatic rings. The average molecular weight is 177 g/mol. The van der Waals surface area contributed by atoms with Gasteiger partial charge in [0, 0.05) is 11.8 Å². The van der Waals surface area contributed by atoms with Gasteiger partial charge in [-0.1, -0.05) is 0 Å². The molecule has 66 valence electrons. The zero-order valence-corrected chi connectivity index (χ0v) is 7.12. The molecule has 3 heteroatoms. The fourth-order valence-corrected chi connectivity index (χ4v) is 1.11. The molecule has 0 radical (unpaired) electrons. The van der Waals surface area contributed by atoms with Crippen molar-refractivity contribution >= 4 is 0 Å². The molecule has 0 fully saturated rings. The Balaban J connectivity index is 2.41. The summed E-state index contributed by atoms with van der Waals surface area (Å²) >= 11 is 0. The van der Waals surface area contributed by atoms with E-state index in [0.717, 1.165) is 11.3 Å². The molecule has 0 spiro atoms. The highest BCUT2D eigenvalue weighted by molar-refractivity contribution is 5.55. The molecule has 0 unspecified atom stereocenters. The van der Waals surface area contributed by atoms with Gasteiger partial charge in [0.05, 0.1) is 0 Å². The SMILES string of the molecule is Cc1ccc(-c2ccc(F)nc2)o1. The summed E-state index contributed by atoms with van der Waals surface area (Å²) < 4.78 is 17.8. The smallest absolute Gasteiger partial charge is 0.212 e. The number of pyridine rings is 1. The number of hydrogen-bond donors (Lipinski definition) is 0. The topological polar surface area (TPSA) is 26.0 Å². The second-order valence-corrected chi connectivity index (χ2v) is 2.78. The first-order chi connectivity index (χ1) is 6.25. The molecular formula is C10H8FNO. The maximum atomic E-state index is 12.5. The van der Waals surface area contributed by atoms with Gasteiger partial charge in [-0.3, -0.25) is 0 Å². The van der Waals surface area contributed by atoms with Gasteiger partial charge in [0.25, 0.3) is 0 Å². The molecule has 0 N–H and O–H groups in total. The van der Waals surface area contributed by atoms with E-state index in [4.69, 9.17) is 4.42 Å². The highest BCUT2D eigenvalue weighted by Gasteiger charge is 2.02. The molecule has 0 atom stereocenters. The third kappa shape index (κ3) is 1.59. The first kappa shape index (κ1) is 7.98. The van der Waals surface area contributed by atoms with E-state index in [2.05, 4.69) is 4.98 Å². The molecular weight excluding hydrogens is 169 g/mol. The van der Waals surface area contributed by atoms with Crippen LogP contribution in [0, 0.1) is 12.9 Å². The minimum absolute atomic E-state index is 0.480. The summed E-state index contributed by atoms with van der Waals surface area (Å²) in [6, 6.07) is 6.65. The Morgan fingerprint density at radius 1 is 1.23 bits per heavy atom. The van der Waals surface area contributed by atoms with E-state index in [1.807, 2.05) is 19.1 Å². The monoisotopic (exact) mass is 177 g/mol. The normalized spacial score (nSPS) is 10.3. The Kier molecular flexibility index (Phi) is 1.85. The number of halogens is 1. The third-order valence-electron chi connectivity index (χ3n) is 1.75. The van der Waals surface area contributed by atoms with Crippen LogP contribution in [0.5, 0.6) is 0 Å². The first-order valence-electron chi connectivity index (χ1n) is 3.94. The van der Waals surface area contributed by atoms with Crippen LogP contribution in [0.3, 0.4) is 0 Å². The molecule has 0 aromatic carbocycles. The molecule has 0 aliphatic carbocycles. The Morgan fingerprint density at radius 3 is 2.62 bits per heavy atom. The Bertz CT molecular complexity index is 405. The lowest BCUT2D eigenvalue weighted by Crippen LogP contribution is -1.81. The second kappa shape index (κ2) is 3.01.